The van der Waals surface area contributed by atoms with E-state index >= 15 is 0 Å². The Bertz CT molecular complexity index is 1310. The van der Waals surface area contributed by atoms with Crippen LogP contribution in [0.15, 0.2) is 42.5 Å². The first-order valence-corrected chi connectivity index (χ1v) is 16.8. The minimum absolute atomic E-state index is 0.144. The monoisotopic (exact) mass is 678 g/mol. The number of ether oxygens (including phenoxy) is 2. The highest BCUT2D eigenvalue weighted by Gasteiger charge is 2.31. The highest BCUT2D eigenvalue weighted by atomic mass is 19.4. The number of anilines is 1. The van der Waals surface area contributed by atoms with Gasteiger partial charge in [0.2, 0.25) is 5.91 Å². The summed E-state index contributed by atoms with van der Waals surface area (Å²) >= 11 is 0. The Morgan fingerprint density at radius 2 is 1.81 bits per heavy atom. The topological polar surface area (TPSA) is 94.6 Å². The van der Waals surface area contributed by atoms with Crippen LogP contribution in [0, 0.1) is 5.92 Å². The number of alkyl halides is 3. The first-order valence-electron chi connectivity index (χ1n) is 16.8. The fraction of sp³-hybridized carbons (Fsp3) is 0.611. The van der Waals surface area contributed by atoms with Crippen LogP contribution < -0.4 is 10.1 Å². The molecular formula is C36H53F3N4O5. The molecule has 1 heterocycles. The summed E-state index contributed by atoms with van der Waals surface area (Å²) in [6.07, 6.45) is -1.43. The third-order valence-corrected chi connectivity index (χ3v) is 8.57. The zero-order valence-electron chi connectivity index (χ0n) is 29.2. The number of aliphatic hydroxyl groups excluding tert-OH is 1. The first-order chi connectivity index (χ1) is 22.7. The Hall–Kier alpha value is -3.19. The van der Waals surface area contributed by atoms with Crippen molar-refractivity contribution < 1.29 is 37.3 Å². The predicted molar refractivity (Wildman–Crippen MR) is 181 cm³/mol. The molecule has 0 unspecified atom stereocenters. The number of carbonyl (C=O) groups excluding carboxylic acids is 2. The van der Waals surface area contributed by atoms with Crippen molar-refractivity contribution in [3.63, 3.8) is 0 Å². The van der Waals surface area contributed by atoms with Gasteiger partial charge in [-0.15, -0.1) is 0 Å². The number of aliphatic hydroxyl groups is 1. The first kappa shape index (κ1) is 39.3. The smallest absolute Gasteiger partial charge is 0.416 e. The average molecular weight is 679 g/mol. The van der Waals surface area contributed by atoms with E-state index in [9.17, 15) is 27.9 Å². The molecule has 0 spiro atoms. The summed E-state index contributed by atoms with van der Waals surface area (Å²) in [5.41, 5.74) is 0.853. The highest BCUT2D eigenvalue weighted by Crippen LogP contribution is 2.30. The summed E-state index contributed by atoms with van der Waals surface area (Å²) in [7, 11) is 5.80. The van der Waals surface area contributed by atoms with E-state index in [2.05, 4.69) is 5.32 Å². The highest BCUT2D eigenvalue weighted by molar-refractivity contribution is 5.99. The number of nitrogens with one attached hydrogen (secondary N) is 1. The third kappa shape index (κ3) is 12.4. The lowest BCUT2D eigenvalue weighted by Gasteiger charge is -2.36. The van der Waals surface area contributed by atoms with Gasteiger partial charge in [0.15, 0.2) is 0 Å². The standard InChI is InChI=1S/C36H53F3N4O5/c1-25-21-43(26(2)24-44)35(46)31-20-30(40-34(45)11-9-18-41(4)5)16-17-32(31)48-27(3)10-7-8-19-47-33(25)23-42(6)22-28-12-14-29(15-13-28)36(37,38)39/h12-17,20,25-27,33,44H,7-11,18-19,21-24H2,1-6H3,(H,40,45)/t25-,26-,27-,33+/m0/s1. The molecule has 1 aliphatic heterocycles. The molecule has 12 heteroatoms. The number of fused-ring (bicyclic) bond motifs is 1. The molecule has 0 saturated carbocycles. The Labute approximate surface area is 283 Å². The van der Waals surface area contributed by atoms with Gasteiger partial charge in [-0.2, -0.15) is 13.2 Å². The van der Waals surface area contributed by atoms with Crippen LogP contribution in [0.25, 0.3) is 0 Å². The van der Waals surface area contributed by atoms with Gasteiger partial charge in [0.05, 0.1) is 36.0 Å². The molecule has 0 bridgehead atoms. The van der Waals surface area contributed by atoms with Gasteiger partial charge in [0, 0.05) is 44.3 Å². The molecular weight excluding hydrogens is 625 g/mol. The number of rotatable bonds is 11. The molecule has 2 amide bonds. The fourth-order valence-electron chi connectivity index (χ4n) is 5.72. The van der Waals surface area contributed by atoms with Crippen molar-refractivity contribution in [3.05, 3.63) is 59.2 Å². The molecule has 268 valence electrons. The van der Waals surface area contributed by atoms with Crippen LogP contribution in [0.5, 0.6) is 5.75 Å². The van der Waals surface area contributed by atoms with Crippen LogP contribution in [0.4, 0.5) is 18.9 Å². The summed E-state index contributed by atoms with van der Waals surface area (Å²) in [6.45, 7) is 7.94. The van der Waals surface area contributed by atoms with Crippen LogP contribution >= 0.6 is 0 Å². The van der Waals surface area contributed by atoms with Crippen molar-refractivity contribution >= 4 is 17.5 Å². The Morgan fingerprint density at radius 3 is 2.46 bits per heavy atom. The molecule has 0 aromatic heterocycles. The van der Waals surface area contributed by atoms with Gasteiger partial charge in [-0.1, -0.05) is 19.1 Å². The quantitative estimate of drug-likeness (QED) is 0.305. The molecule has 4 atom stereocenters. The normalized spacial score (nSPS) is 20.6. The lowest BCUT2D eigenvalue weighted by molar-refractivity contribution is -0.137. The average Bonchev–Trinajstić information content (AvgIpc) is 3.02. The van der Waals surface area contributed by atoms with Crippen molar-refractivity contribution in [3.8, 4) is 5.75 Å². The molecule has 48 heavy (non-hydrogen) atoms. The van der Waals surface area contributed by atoms with Crippen LogP contribution in [0.1, 0.15) is 74.4 Å². The maximum Gasteiger partial charge on any atom is 0.416 e. The van der Waals surface area contributed by atoms with Gasteiger partial charge in [0.1, 0.15) is 5.75 Å². The van der Waals surface area contributed by atoms with Crippen LogP contribution in [-0.4, -0.2) is 104 Å². The van der Waals surface area contributed by atoms with Crippen LogP contribution in [-0.2, 0) is 22.3 Å². The molecule has 0 aliphatic carbocycles. The van der Waals surface area contributed by atoms with Gasteiger partial charge in [0.25, 0.3) is 5.91 Å². The number of hydrogen-bond acceptors (Lipinski definition) is 7. The summed E-state index contributed by atoms with van der Waals surface area (Å²) in [4.78, 5) is 32.6. The second kappa shape index (κ2) is 18.5. The van der Waals surface area contributed by atoms with Crippen molar-refractivity contribution in [1.29, 1.82) is 0 Å². The third-order valence-electron chi connectivity index (χ3n) is 8.57. The number of benzene rings is 2. The summed E-state index contributed by atoms with van der Waals surface area (Å²) in [6, 6.07) is 9.75. The van der Waals surface area contributed by atoms with E-state index in [1.165, 1.54) is 12.1 Å². The fourth-order valence-corrected chi connectivity index (χ4v) is 5.72. The van der Waals surface area contributed by atoms with Gasteiger partial charge >= 0.3 is 6.18 Å². The second-order valence-corrected chi connectivity index (χ2v) is 13.4. The maximum absolute atomic E-state index is 14.3. The zero-order valence-corrected chi connectivity index (χ0v) is 29.2. The minimum atomic E-state index is -4.39. The van der Waals surface area contributed by atoms with E-state index in [1.54, 1.807) is 30.0 Å². The number of amides is 2. The van der Waals surface area contributed by atoms with Crippen molar-refractivity contribution in [2.75, 3.05) is 59.3 Å². The molecule has 1 aliphatic rings. The van der Waals surface area contributed by atoms with Gasteiger partial charge in [-0.05, 0) is 103 Å². The summed E-state index contributed by atoms with van der Waals surface area (Å²) in [5, 5.41) is 13.1. The number of carbonyl (C=O) groups is 2. The molecule has 0 saturated heterocycles. The van der Waals surface area contributed by atoms with E-state index in [1.807, 2.05) is 44.8 Å². The van der Waals surface area contributed by atoms with Crippen LogP contribution in [0.3, 0.4) is 0 Å². The van der Waals surface area contributed by atoms with Crippen molar-refractivity contribution in [2.45, 2.75) is 83.8 Å². The Balaban J connectivity index is 1.85. The van der Waals surface area contributed by atoms with Crippen molar-refractivity contribution in [1.82, 2.24) is 14.7 Å². The molecule has 2 aromatic rings. The van der Waals surface area contributed by atoms with E-state index in [0.29, 0.717) is 49.5 Å². The summed E-state index contributed by atoms with van der Waals surface area (Å²) in [5.74, 6) is -0.219. The maximum atomic E-state index is 14.3. The molecule has 0 radical (unpaired) electrons. The Kier molecular flexibility index (Phi) is 15.2. The molecule has 2 aromatic carbocycles. The van der Waals surface area contributed by atoms with E-state index in [-0.39, 0.29) is 43.1 Å². The zero-order chi connectivity index (χ0) is 35.4. The number of halogens is 3. The van der Waals surface area contributed by atoms with E-state index in [0.717, 1.165) is 43.5 Å². The molecule has 2 N–H and O–H groups in total. The van der Waals surface area contributed by atoms with E-state index < -0.39 is 17.8 Å². The molecule has 0 fully saturated rings. The van der Waals surface area contributed by atoms with Gasteiger partial charge < -0.3 is 29.7 Å². The van der Waals surface area contributed by atoms with Gasteiger partial charge in [-0.25, -0.2) is 0 Å². The number of hydrogen-bond donors (Lipinski definition) is 2. The van der Waals surface area contributed by atoms with E-state index in [4.69, 9.17) is 9.47 Å². The van der Waals surface area contributed by atoms with Gasteiger partial charge in [-0.3, -0.25) is 14.5 Å². The lowest BCUT2D eigenvalue weighted by Crippen LogP contribution is -2.47. The predicted octanol–water partition coefficient (Wildman–Crippen LogP) is 5.91. The Morgan fingerprint density at radius 1 is 1.10 bits per heavy atom. The van der Waals surface area contributed by atoms with Crippen LogP contribution in [0.2, 0.25) is 0 Å². The second-order valence-electron chi connectivity index (χ2n) is 13.4. The lowest BCUT2D eigenvalue weighted by atomic mass is 10.0. The largest absolute Gasteiger partial charge is 0.490 e. The molecule has 3 rings (SSSR count). The minimum Gasteiger partial charge on any atom is -0.490 e. The summed E-state index contributed by atoms with van der Waals surface area (Å²) < 4.78 is 51.8. The SMILES string of the molecule is C[C@H]1CCCCO[C@H](CN(C)Cc2ccc(C(F)(F)F)cc2)[C@@H](C)CN([C@@H](C)CO)C(=O)c2cc(NC(=O)CCCN(C)C)ccc2O1. The molecule has 9 nitrogen and oxygen atoms in total. The number of likely N-dealkylation sites (N-methyl/N-ethyl adjacent to an activating group) is 1. The number of nitrogens with zero attached hydrogens (tertiary/aromatic N) is 3. The van der Waals surface area contributed by atoms with Crippen molar-refractivity contribution in [2.24, 2.45) is 5.92 Å².